The predicted molar refractivity (Wildman–Crippen MR) is 72.4 cm³/mol. The van der Waals surface area contributed by atoms with Gasteiger partial charge < -0.3 is 9.32 Å². The molecule has 6 nitrogen and oxygen atoms in total. The molecule has 0 spiro atoms. The summed E-state index contributed by atoms with van der Waals surface area (Å²) in [6.45, 7) is 0. The van der Waals surface area contributed by atoms with Crippen molar-refractivity contribution in [2.75, 3.05) is 7.05 Å². The van der Waals surface area contributed by atoms with E-state index in [1.807, 2.05) is 0 Å². The van der Waals surface area contributed by atoms with Crippen molar-refractivity contribution in [3.8, 4) is 0 Å². The number of rotatable bonds is 3. The molecule has 0 saturated heterocycles. The summed E-state index contributed by atoms with van der Waals surface area (Å²) in [5.41, 5.74) is 0. The summed E-state index contributed by atoms with van der Waals surface area (Å²) in [5, 5.41) is 10.5. The van der Waals surface area contributed by atoms with E-state index in [1.54, 1.807) is 11.9 Å². The minimum absolute atomic E-state index is 0.0134. The van der Waals surface area contributed by atoms with Crippen LogP contribution in [0.2, 0.25) is 0 Å². The number of amides is 1. The third kappa shape index (κ3) is 2.97. The van der Waals surface area contributed by atoms with Gasteiger partial charge in [0.1, 0.15) is 4.92 Å². The number of carbonyl (C=O) groups excluding carboxylic acids is 1. The van der Waals surface area contributed by atoms with Crippen molar-refractivity contribution in [2.24, 2.45) is 0 Å². The molecule has 2 atom stereocenters. The lowest BCUT2D eigenvalue weighted by Crippen LogP contribution is -2.43. The van der Waals surface area contributed by atoms with Crippen LogP contribution in [0.5, 0.6) is 0 Å². The molecule has 1 saturated carbocycles. The quantitative estimate of drug-likeness (QED) is 0.485. The average Bonchev–Trinajstić information content (AvgIpc) is 2.87. The summed E-state index contributed by atoms with van der Waals surface area (Å²) in [6.07, 6.45) is 4.20. The zero-order valence-electron chi connectivity index (χ0n) is 10.5. The van der Waals surface area contributed by atoms with Crippen molar-refractivity contribution in [3.63, 3.8) is 0 Å². The second kappa shape index (κ2) is 5.73. The maximum Gasteiger partial charge on any atom is 0.433 e. The molecule has 1 aliphatic rings. The van der Waals surface area contributed by atoms with E-state index in [9.17, 15) is 14.9 Å². The lowest BCUT2D eigenvalue weighted by molar-refractivity contribution is -0.402. The lowest BCUT2D eigenvalue weighted by Gasteiger charge is -2.34. The molecule has 0 radical (unpaired) electrons. The predicted octanol–water partition coefficient (Wildman–Crippen LogP) is 2.97. The van der Waals surface area contributed by atoms with E-state index in [2.05, 4.69) is 15.9 Å². The summed E-state index contributed by atoms with van der Waals surface area (Å²) >= 11 is 3.59. The van der Waals surface area contributed by atoms with E-state index in [0.29, 0.717) is 0 Å². The summed E-state index contributed by atoms with van der Waals surface area (Å²) in [6, 6.07) is 2.65. The minimum atomic E-state index is -0.648. The van der Waals surface area contributed by atoms with Crippen LogP contribution in [0.3, 0.4) is 0 Å². The Morgan fingerprint density at radius 2 is 2.16 bits per heavy atom. The molecule has 0 aromatic carbocycles. The van der Waals surface area contributed by atoms with Gasteiger partial charge in [-0.3, -0.25) is 14.9 Å². The Balaban J connectivity index is 2.11. The monoisotopic (exact) mass is 330 g/mol. The molecule has 1 aromatic rings. The number of halogens is 1. The number of hydrogen-bond donors (Lipinski definition) is 0. The molecule has 1 fully saturated rings. The fourth-order valence-electron chi connectivity index (χ4n) is 2.37. The topological polar surface area (TPSA) is 76.6 Å². The van der Waals surface area contributed by atoms with E-state index in [-0.39, 0.29) is 22.5 Å². The van der Waals surface area contributed by atoms with Crippen molar-refractivity contribution < 1.29 is 14.1 Å². The van der Waals surface area contributed by atoms with Crippen LogP contribution in [0.1, 0.15) is 36.2 Å². The number of carbonyl (C=O) groups is 1. The van der Waals surface area contributed by atoms with Crippen LogP contribution >= 0.6 is 15.9 Å². The second-order valence-corrected chi connectivity index (χ2v) is 5.85. The Hall–Kier alpha value is -1.37. The van der Waals surface area contributed by atoms with E-state index >= 15 is 0 Å². The zero-order valence-corrected chi connectivity index (χ0v) is 12.1. The highest BCUT2D eigenvalue weighted by Crippen LogP contribution is 2.29. The Morgan fingerprint density at radius 1 is 1.47 bits per heavy atom. The van der Waals surface area contributed by atoms with E-state index in [0.717, 1.165) is 25.7 Å². The second-order valence-electron chi connectivity index (χ2n) is 4.68. The SMILES string of the molecule is CN(C(=O)c1ccc([N+](=O)[O-])o1)C1CCCCC1Br. The highest BCUT2D eigenvalue weighted by molar-refractivity contribution is 9.09. The molecule has 1 heterocycles. The molecular formula is C12H15BrN2O4. The van der Waals surface area contributed by atoms with Gasteiger partial charge in [-0.15, -0.1) is 0 Å². The van der Waals surface area contributed by atoms with E-state index in [1.165, 1.54) is 12.1 Å². The largest absolute Gasteiger partial charge is 0.433 e. The standard InChI is InChI=1S/C12H15BrN2O4/c1-14(9-5-3-2-4-8(9)13)12(16)10-6-7-11(19-10)15(17)18/h6-9H,2-5H2,1H3. The first-order chi connectivity index (χ1) is 9.00. The van der Waals surface area contributed by atoms with Crippen LogP contribution in [0.4, 0.5) is 5.88 Å². The number of nitro groups is 1. The molecule has 1 aromatic heterocycles. The average molecular weight is 331 g/mol. The molecule has 1 aliphatic carbocycles. The number of furan rings is 1. The van der Waals surface area contributed by atoms with Crippen molar-refractivity contribution in [3.05, 3.63) is 28.0 Å². The molecule has 2 unspecified atom stereocenters. The van der Waals surface area contributed by atoms with Gasteiger partial charge in [0.2, 0.25) is 0 Å². The van der Waals surface area contributed by atoms with E-state index in [4.69, 9.17) is 4.42 Å². The summed E-state index contributed by atoms with van der Waals surface area (Å²) in [7, 11) is 1.71. The summed E-state index contributed by atoms with van der Waals surface area (Å²) in [4.78, 5) is 24.0. The third-order valence-corrected chi connectivity index (χ3v) is 4.52. The van der Waals surface area contributed by atoms with Crippen molar-refractivity contribution in [1.29, 1.82) is 0 Å². The molecular weight excluding hydrogens is 316 g/mol. The first-order valence-electron chi connectivity index (χ1n) is 6.16. The van der Waals surface area contributed by atoms with Gasteiger partial charge in [-0.1, -0.05) is 28.8 Å². The minimum Gasteiger partial charge on any atom is -0.395 e. The van der Waals surface area contributed by atoms with Crippen LogP contribution in [-0.2, 0) is 0 Å². The molecule has 104 valence electrons. The van der Waals surface area contributed by atoms with Gasteiger partial charge in [0.05, 0.1) is 6.07 Å². The lowest BCUT2D eigenvalue weighted by atomic mass is 9.94. The highest BCUT2D eigenvalue weighted by atomic mass is 79.9. The molecule has 0 bridgehead atoms. The molecule has 7 heteroatoms. The van der Waals surface area contributed by atoms with Gasteiger partial charge in [-0.2, -0.15) is 0 Å². The Morgan fingerprint density at radius 3 is 2.74 bits per heavy atom. The van der Waals surface area contributed by atoms with Gasteiger partial charge in [-0.05, 0) is 18.9 Å². The number of hydrogen-bond acceptors (Lipinski definition) is 4. The number of alkyl halides is 1. The molecule has 0 N–H and O–H groups in total. The first kappa shape index (κ1) is 14.0. The van der Waals surface area contributed by atoms with Crippen LogP contribution < -0.4 is 0 Å². The summed E-state index contributed by atoms with van der Waals surface area (Å²) in [5.74, 6) is -0.709. The van der Waals surface area contributed by atoms with Crippen molar-refractivity contribution in [2.45, 2.75) is 36.6 Å². The van der Waals surface area contributed by atoms with Gasteiger partial charge in [-0.25, -0.2) is 0 Å². The van der Waals surface area contributed by atoms with Gasteiger partial charge in [0, 0.05) is 17.9 Å². The summed E-state index contributed by atoms with van der Waals surface area (Å²) < 4.78 is 4.95. The first-order valence-corrected chi connectivity index (χ1v) is 7.07. The Kier molecular flexibility index (Phi) is 4.24. The van der Waals surface area contributed by atoms with E-state index < -0.39 is 10.8 Å². The Labute approximate surface area is 119 Å². The zero-order chi connectivity index (χ0) is 14.0. The van der Waals surface area contributed by atoms with Gasteiger partial charge in [0.25, 0.3) is 5.91 Å². The third-order valence-electron chi connectivity index (χ3n) is 3.45. The fourth-order valence-corrected chi connectivity index (χ4v) is 3.31. The van der Waals surface area contributed by atoms with Crippen molar-refractivity contribution in [1.82, 2.24) is 4.90 Å². The fraction of sp³-hybridized carbons (Fsp3) is 0.583. The van der Waals surface area contributed by atoms with Crippen molar-refractivity contribution >= 4 is 27.7 Å². The van der Waals surface area contributed by atoms with Crippen LogP contribution in [-0.4, -0.2) is 33.6 Å². The maximum absolute atomic E-state index is 12.2. The molecule has 19 heavy (non-hydrogen) atoms. The van der Waals surface area contributed by atoms with Gasteiger partial charge in [0.15, 0.2) is 5.76 Å². The normalized spacial score (nSPS) is 23.1. The van der Waals surface area contributed by atoms with Crippen LogP contribution in [0.25, 0.3) is 0 Å². The maximum atomic E-state index is 12.2. The van der Waals surface area contributed by atoms with Gasteiger partial charge >= 0.3 is 5.88 Å². The smallest absolute Gasteiger partial charge is 0.395 e. The molecule has 2 rings (SSSR count). The van der Waals surface area contributed by atoms with Crippen LogP contribution in [0, 0.1) is 10.1 Å². The molecule has 1 amide bonds. The van der Waals surface area contributed by atoms with Crippen LogP contribution in [0.15, 0.2) is 16.5 Å². The highest BCUT2D eigenvalue weighted by Gasteiger charge is 2.31. The Bertz CT molecular complexity index is 488. The molecule has 0 aliphatic heterocycles. The number of nitrogens with zero attached hydrogens (tertiary/aromatic N) is 2.